The number of carbonyl (C=O) groups is 1. The topological polar surface area (TPSA) is 72.7 Å². The van der Waals surface area contributed by atoms with E-state index in [2.05, 4.69) is 13.2 Å². The molecule has 0 aliphatic heterocycles. The molecule has 118 valence electrons. The Morgan fingerprint density at radius 2 is 1.91 bits per heavy atom. The van der Waals surface area contributed by atoms with Crippen molar-refractivity contribution in [3.8, 4) is 5.75 Å². The van der Waals surface area contributed by atoms with Gasteiger partial charge in [-0.15, -0.1) is 13.2 Å². The van der Waals surface area contributed by atoms with Crippen LogP contribution in [0.5, 0.6) is 5.75 Å². The number of hydrogen-bond donors (Lipinski definition) is 0. The van der Waals surface area contributed by atoms with Crippen molar-refractivity contribution in [1.82, 2.24) is 4.90 Å². The van der Waals surface area contributed by atoms with Gasteiger partial charge in [0.25, 0.3) is 0 Å². The van der Waals surface area contributed by atoms with Crippen molar-refractivity contribution in [2.24, 2.45) is 0 Å². The highest BCUT2D eigenvalue weighted by molar-refractivity contribution is 5.76. The number of para-hydroxylation sites is 2. The van der Waals surface area contributed by atoms with Crippen LogP contribution >= 0.6 is 0 Å². The van der Waals surface area contributed by atoms with Crippen LogP contribution in [0.15, 0.2) is 49.6 Å². The maximum atomic E-state index is 12.0. The first-order chi connectivity index (χ1) is 10.6. The minimum Gasteiger partial charge on any atom is -0.487 e. The smallest absolute Gasteiger partial charge is 0.310 e. The Bertz CT molecular complexity index is 533. The van der Waals surface area contributed by atoms with Gasteiger partial charge in [0.1, 0.15) is 0 Å². The van der Waals surface area contributed by atoms with Gasteiger partial charge in [0.15, 0.2) is 5.75 Å². The van der Waals surface area contributed by atoms with Gasteiger partial charge in [-0.2, -0.15) is 0 Å². The Hall–Kier alpha value is -2.63. The van der Waals surface area contributed by atoms with E-state index in [4.69, 9.17) is 4.74 Å². The molecule has 0 aromatic heterocycles. The van der Waals surface area contributed by atoms with E-state index >= 15 is 0 Å². The van der Waals surface area contributed by atoms with Crippen LogP contribution in [0.2, 0.25) is 0 Å². The Morgan fingerprint density at radius 1 is 1.27 bits per heavy atom. The fourth-order valence-electron chi connectivity index (χ4n) is 1.88. The lowest BCUT2D eigenvalue weighted by atomic mass is 10.2. The van der Waals surface area contributed by atoms with E-state index in [0.29, 0.717) is 25.9 Å². The summed E-state index contributed by atoms with van der Waals surface area (Å²) in [6.07, 6.45) is 4.11. The number of benzene rings is 1. The maximum Gasteiger partial charge on any atom is 0.310 e. The molecule has 0 radical (unpaired) electrons. The second-order valence-corrected chi connectivity index (χ2v) is 4.55. The molecule has 1 aromatic carbocycles. The van der Waals surface area contributed by atoms with Crippen LogP contribution in [0, 0.1) is 10.1 Å². The van der Waals surface area contributed by atoms with E-state index in [1.807, 2.05) is 0 Å². The Morgan fingerprint density at radius 3 is 2.50 bits per heavy atom. The average molecular weight is 304 g/mol. The molecule has 6 nitrogen and oxygen atoms in total. The zero-order valence-corrected chi connectivity index (χ0v) is 12.4. The van der Waals surface area contributed by atoms with E-state index in [9.17, 15) is 14.9 Å². The molecule has 0 fully saturated rings. The van der Waals surface area contributed by atoms with Crippen molar-refractivity contribution in [3.63, 3.8) is 0 Å². The first kappa shape index (κ1) is 17.4. The number of ether oxygens (including phenoxy) is 1. The van der Waals surface area contributed by atoms with Gasteiger partial charge < -0.3 is 9.64 Å². The van der Waals surface area contributed by atoms with Crippen molar-refractivity contribution >= 4 is 11.6 Å². The van der Waals surface area contributed by atoms with Gasteiger partial charge in [-0.1, -0.05) is 24.3 Å². The summed E-state index contributed by atoms with van der Waals surface area (Å²) in [5.74, 6) is 0.194. The molecule has 0 spiro atoms. The molecule has 1 aromatic rings. The first-order valence-corrected chi connectivity index (χ1v) is 6.96. The van der Waals surface area contributed by atoms with Crippen LogP contribution in [0.25, 0.3) is 0 Å². The first-order valence-electron chi connectivity index (χ1n) is 6.96. The van der Waals surface area contributed by atoms with E-state index in [1.54, 1.807) is 35.3 Å². The van der Waals surface area contributed by atoms with Crippen LogP contribution in [0.4, 0.5) is 5.69 Å². The van der Waals surface area contributed by atoms with E-state index in [-0.39, 0.29) is 24.0 Å². The van der Waals surface area contributed by atoms with Crippen molar-refractivity contribution in [1.29, 1.82) is 0 Å². The summed E-state index contributed by atoms with van der Waals surface area (Å²) in [5, 5.41) is 10.8. The third kappa shape index (κ3) is 5.40. The molecule has 22 heavy (non-hydrogen) atoms. The average Bonchev–Trinajstić information content (AvgIpc) is 2.51. The predicted octanol–water partition coefficient (Wildman–Crippen LogP) is 2.95. The summed E-state index contributed by atoms with van der Waals surface area (Å²) in [6, 6.07) is 6.18. The predicted molar refractivity (Wildman–Crippen MR) is 84.8 cm³/mol. The second kappa shape index (κ2) is 9.33. The van der Waals surface area contributed by atoms with Crippen LogP contribution in [-0.4, -0.2) is 35.4 Å². The molecule has 0 saturated heterocycles. The quantitative estimate of drug-likeness (QED) is 0.288. The fraction of sp³-hybridized carbons (Fsp3) is 0.312. The molecular formula is C16H20N2O4. The number of amides is 1. The highest BCUT2D eigenvalue weighted by Gasteiger charge is 2.14. The van der Waals surface area contributed by atoms with Crippen molar-refractivity contribution in [2.75, 3.05) is 19.7 Å². The largest absolute Gasteiger partial charge is 0.487 e. The molecule has 0 atom stereocenters. The van der Waals surface area contributed by atoms with Gasteiger partial charge in [-0.3, -0.25) is 14.9 Å². The zero-order valence-electron chi connectivity index (χ0n) is 12.4. The normalized spacial score (nSPS) is 9.82. The summed E-state index contributed by atoms with van der Waals surface area (Å²) in [6.45, 7) is 8.40. The maximum absolute atomic E-state index is 12.0. The third-order valence-electron chi connectivity index (χ3n) is 2.91. The molecule has 1 rings (SSSR count). The lowest BCUT2D eigenvalue weighted by Gasteiger charge is -2.19. The van der Waals surface area contributed by atoms with Crippen LogP contribution in [0.1, 0.15) is 12.8 Å². The van der Waals surface area contributed by atoms with Crippen LogP contribution in [0.3, 0.4) is 0 Å². The van der Waals surface area contributed by atoms with Crippen molar-refractivity contribution < 1.29 is 14.5 Å². The number of nitro benzene ring substituents is 1. The molecule has 0 N–H and O–H groups in total. The van der Waals surface area contributed by atoms with Crippen LogP contribution in [-0.2, 0) is 4.79 Å². The number of nitrogens with zero attached hydrogens (tertiary/aromatic N) is 2. The zero-order chi connectivity index (χ0) is 16.4. The third-order valence-corrected chi connectivity index (χ3v) is 2.91. The van der Waals surface area contributed by atoms with E-state index in [1.165, 1.54) is 6.07 Å². The summed E-state index contributed by atoms with van der Waals surface area (Å²) >= 11 is 0. The van der Waals surface area contributed by atoms with Crippen molar-refractivity contribution in [3.05, 3.63) is 59.7 Å². The summed E-state index contributed by atoms with van der Waals surface area (Å²) in [5.41, 5.74) is -0.0752. The fourth-order valence-corrected chi connectivity index (χ4v) is 1.88. The summed E-state index contributed by atoms with van der Waals surface area (Å²) in [7, 11) is 0. The van der Waals surface area contributed by atoms with Gasteiger partial charge in [0.2, 0.25) is 5.91 Å². The second-order valence-electron chi connectivity index (χ2n) is 4.55. The molecular weight excluding hydrogens is 284 g/mol. The minimum atomic E-state index is -0.490. The van der Waals surface area contributed by atoms with E-state index < -0.39 is 4.92 Å². The monoisotopic (exact) mass is 304 g/mol. The van der Waals surface area contributed by atoms with Gasteiger partial charge in [0.05, 0.1) is 11.5 Å². The molecule has 0 aliphatic rings. The van der Waals surface area contributed by atoms with Crippen LogP contribution < -0.4 is 4.74 Å². The molecule has 6 heteroatoms. The molecule has 0 bridgehead atoms. The van der Waals surface area contributed by atoms with Gasteiger partial charge >= 0.3 is 5.69 Å². The summed E-state index contributed by atoms with van der Waals surface area (Å²) < 4.78 is 5.40. The molecule has 0 aliphatic carbocycles. The van der Waals surface area contributed by atoms with Gasteiger partial charge in [-0.05, 0) is 12.5 Å². The standard InChI is InChI=1S/C16H20N2O4/c1-3-11-17(12-4-2)16(19)10-7-13-22-15-9-6-5-8-14(15)18(20)21/h3-6,8-9H,1-2,7,10-13H2. The van der Waals surface area contributed by atoms with Gasteiger partial charge in [0, 0.05) is 25.6 Å². The van der Waals surface area contributed by atoms with Crippen molar-refractivity contribution in [2.45, 2.75) is 12.8 Å². The Kier molecular flexibility index (Phi) is 7.39. The Balaban J connectivity index is 2.45. The summed E-state index contributed by atoms with van der Waals surface area (Å²) in [4.78, 5) is 24.0. The number of hydrogen-bond acceptors (Lipinski definition) is 4. The number of rotatable bonds is 10. The lowest BCUT2D eigenvalue weighted by Crippen LogP contribution is -2.31. The highest BCUT2D eigenvalue weighted by Crippen LogP contribution is 2.25. The molecule has 0 unspecified atom stereocenters. The highest BCUT2D eigenvalue weighted by atomic mass is 16.6. The molecule has 0 heterocycles. The minimum absolute atomic E-state index is 0.0223. The molecule has 1 amide bonds. The SMILES string of the molecule is C=CCN(CC=C)C(=O)CCCOc1ccccc1[N+](=O)[O-]. The molecule has 0 saturated carbocycles. The number of carbonyl (C=O) groups excluding carboxylic acids is 1. The lowest BCUT2D eigenvalue weighted by molar-refractivity contribution is -0.385. The van der Waals surface area contributed by atoms with E-state index in [0.717, 1.165) is 0 Å². The number of nitro groups is 1. The van der Waals surface area contributed by atoms with Gasteiger partial charge in [-0.25, -0.2) is 0 Å². The Labute approximate surface area is 129 Å².